The van der Waals surface area contributed by atoms with E-state index in [1.165, 1.54) is 0 Å². The van der Waals surface area contributed by atoms with Crippen LogP contribution in [0.1, 0.15) is 17.0 Å². The van der Waals surface area contributed by atoms with Gasteiger partial charge < -0.3 is 13.9 Å². The molecule has 0 bridgehead atoms. The number of hydrogen-bond donors (Lipinski definition) is 0. The number of halogens is 1. The van der Waals surface area contributed by atoms with Crippen molar-refractivity contribution in [2.24, 2.45) is 0 Å². The van der Waals surface area contributed by atoms with E-state index in [2.05, 4.69) is 0 Å². The first-order valence-corrected chi connectivity index (χ1v) is 6.06. The van der Waals surface area contributed by atoms with Crippen LogP contribution in [-0.4, -0.2) is 25.3 Å². The zero-order valence-electron chi connectivity index (χ0n) is 9.52. The number of benzene rings is 1. The van der Waals surface area contributed by atoms with Crippen molar-refractivity contribution in [2.45, 2.75) is 12.7 Å². The molecule has 0 N–H and O–H groups in total. The van der Waals surface area contributed by atoms with Crippen LogP contribution < -0.4 is 0 Å². The van der Waals surface area contributed by atoms with Gasteiger partial charge in [-0.25, -0.2) is 0 Å². The van der Waals surface area contributed by atoms with Gasteiger partial charge in [-0.05, 0) is 24.3 Å². The first-order valence-electron chi connectivity index (χ1n) is 5.68. The molecule has 5 heteroatoms. The number of hydrogen-bond acceptors (Lipinski definition) is 4. The number of fused-ring (bicyclic) bond motifs is 1. The van der Waals surface area contributed by atoms with Crippen molar-refractivity contribution in [1.29, 1.82) is 0 Å². The van der Waals surface area contributed by atoms with E-state index in [4.69, 9.17) is 25.5 Å². The van der Waals surface area contributed by atoms with Gasteiger partial charge in [0.25, 0.3) is 0 Å². The summed E-state index contributed by atoms with van der Waals surface area (Å²) < 4.78 is 15.9. The summed E-state index contributed by atoms with van der Waals surface area (Å²) in [4.78, 5) is 12.0. The third-order valence-corrected chi connectivity index (χ3v) is 3.03. The predicted molar refractivity (Wildman–Crippen MR) is 65.9 cm³/mol. The van der Waals surface area contributed by atoms with Crippen LogP contribution in [0.3, 0.4) is 0 Å². The lowest BCUT2D eigenvalue weighted by molar-refractivity contribution is -0.0411. The highest BCUT2D eigenvalue weighted by molar-refractivity contribution is 6.31. The molecular weight excluding hydrogens is 256 g/mol. The van der Waals surface area contributed by atoms with Crippen LogP contribution in [0.4, 0.5) is 0 Å². The highest BCUT2D eigenvalue weighted by Gasteiger charge is 2.22. The fourth-order valence-electron chi connectivity index (χ4n) is 1.93. The van der Waals surface area contributed by atoms with Crippen LogP contribution >= 0.6 is 11.6 Å². The second kappa shape index (κ2) is 4.72. The molecule has 0 aliphatic carbocycles. The molecule has 1 aliphatic rings. The minimum absolute atomic E-state index is 0.130. The van der Waals surface area contributed by atoms with Crippen LogP contribution in [0, 0.1) is 0 Å². The highest BCUT2D eigenvalue weighted by Crippen LogP contribution is 2.24. The lowest BCUT2D eigenvalue weighted by Gasteiger charge is -2.05. The second-order valence-electron chi connectivity index (χ2n) is 4.09. The Labute approximate surface area is 108 Å². The summed E-state index contributed by atoms with van der Waals surface area (Å²) >= 11 is 5.88. The molecule has 0 atom stereocenters. The summed E-state index contributed by atoms with van der Waals surface area (Å²) in [6, 6.07) is 6.93. The third-order valence-electron chi connectivity index (χ3n) is 2.80. The highest BCUT2D eigenvalue weighted by atomic mass is 35.5. The van der Waals surface area contributed by atoms with Crippen LogP contribution in [-0.2, 0) is 9.47 Å². The van der Waals surface area contributed by atoms with E-state index in [1.807, 2.05) is 0 Å². The molecule has 4 nitrogen and oxygen atoms in total. The van der Waals surface area contributed by atoms with Gasteiger partial charge in [-0.1, -0.05) is 11.6 Å². The van der Waals surface area contributed by atoms with E-state index in [0.717, 1.165) is 5.39 Å². The number of Topliss-reactive ketones (excluding diaryl/α,β-unsaturated/α-hetero) is 1. The molecule has 1 aliphatic heterocycles. The lowest BCUT2D eigenvalue weighted by atomic mass is 10.2. The monoisotopic (exact) mass is 266 g/mol. The number of carbonyl (C=O) groups is 1. The van der Waals surface area contributed by atoms with E-state index in [1.54, 1.807) is 24.3 Å². The maximum absolute atomic E-state index is 12.0. The van der Waals surface area contributed by atoms with E-state index >= 15 is 0 Å². The molecular formula is C13H11ClO4. The van der Waals surface area contributed by atoms with Gasteiger partial charge in [-0.3, -0.25) is 4.79 Å². The Kier molecular flexibility index (Phi) is 3.07. The van der Waals surface area contributed by atoms with Gasteiger partial charge in [0.2, 0.25) is 5.78 Å². The molecule has 1 saturated heterocycles. The quantitative estimate of drug-likeness (QED) is 0.801. The van der Waals surface area contributed by atoms with Crippen molar-refractivity contribution < 1.29 is 18.7 Å². The normalized spacial score (nSPS) is 16.5. The molecule has 94 valence electrons. The van der Waals surface area contributed by atoms with Crippen molar-refractivity contribution in [2.75, 3.05) is 13.2 Å². The zero-order valence-corrected chi connectivity index (χ0v) is 10.3. The summed E-state index contributed by atoms with van der Waals surface area (Å²) in [5, 5.41) is 1.43. The fourth-order valence-corrected chi connectivity index (χ4v) is 2.11. The number of furan rings is 1. The predicted octanol–water partition coefficient (Wildman–Crippen LogP) is 3.03. The molecule has 2 aromatic rings. The summed E-state index contributed by atoms with van der Waals surface area (Å²) in [5.74, 6) is 0.181. The second-order valence-corrected chi connectivity index (χ2v) is 4.53. The van der Waals surface area contributed by atoms with Crippen LogP contribution in [0.5, 0.6) is 0 Å². The molecule has 0 amide bonds. The standard InChI is InChI=1S/C13H11ClO4/c14-9-1-2-11-8(5-9)6-12(18-11)10(15)7-13-16-3-4-17-13/h1-2,5-6,13H,3-4,7H2. The van der Waals surface area contributed by atoms with E-state index in [9.17, 15) is 4.79 Å². The fraction of sp³-hybridized carbons (Fsp3) is 0.308. The van der Waals surface area contributed by atoms with Crippen LogP contribution in [0.2, 0.25) is 5.02 Å². The summed E-state index contributed by atoms with van der Waals surface area (Å²) in [5.41, 5.74) is 0.649. The van der Waals surface area contributed by atoms with Crippen molar-refractivity contribution in [1.82, 2.24) is 0 Å². The van der Waals surface area contributed by atoms with Crippen molar-refractivity contribution >= 4 is 28.4 Å². The van der Waals surface area contributed by atoms with E-state index < -0.39 is 6.29 Å². The molecule has 0 saturated carbocycles. The maximum Gasteiger partial charge on any atom is 0.203 e. The van der Waals surface area contributed by atoms with Crippen molar-refractivity contribution in [3.05, 3.63) is 35.0 Å². The van der Waals surface area contributed by atoms with Crippen LogP contribution in [0.15, 0.2) is 28.7 Å². The van der Waals surface area contributed by atoms with Crippen molar-refractivity contribution in [3.8, 4) is 0 Å². The number of carbonyl (C=O) groups excluding carboxylic acids is 1. The minimum atomic E-state index is -0.450. The first kappa shape index (κ1) is 11.7. The summed E-state index contributed by atoms with van der Waals surface area (Å²) in [6.45, 7) is 1.07. The molecule has 2 heterocycles. The maximum atomic E-state index is 12.0. The molecule has 0 spiro atoms. The lowest BCUT2D eigenvalue weighted by Crippen LogP contribution is -2.13. The molecule has 1 aromatic carbocycles. The van der Waals surface area contributed by atoms with Crippen molar-refractivity contribution in [3.63, 3.8) is 0 Å². The Morgan fingerprint density at radius 2 is 2.06 bits per heavy atom. The average Bonchev–Trinajstić information content (AvgIpc) is 2.96. The van der Waals surface area contributed by atoms with Crippen LogP contribution in [0.25, 0.3) is 11.0 Å². The van der Waals surface area contributed by atoms with Gasteiger partial charge in [0.15, 0.2) is 12.1 Å². The van der Waals surface area contributed by atoms with Gasteiger partial charge in [-0.2, -0.15) is 0 Å². The summed E-state index contributed by atoms with van der Waals surface area (Å²) in [6.07, 6.45) is -0.276. The Hall–Kier alpha value is -1.36. The molecule has 0 unspecified atom stereocenters. The number of rotatable bonds is 3. The molecule has 18 heavy (non-hydrogen) atoms. The van der Waals surface area contributed by atoms with Gasteiger partial charge >= 0.3 is 0 Å². The van der Waals surface area contributed by atoms with E-state index in [-0.39, 0.29) is 12.2 Å². The van der Waals surface area contributed by atoms with Gasteiger partial charge in [-0.15, -0.1) is 0 Å². The SMILES string of the molecule is O=C(CC1OCCO1)c1cc2cc(Cl)ccc2o1. The van der Waals surface area contributed by atoms with Gasteiger partial charge in [0.05, 0.1) is 19.6 Å². The molecule has 3 rings (SSSR count). The topological polar surface area (TPSA) is 48.7 Å². The Morgan fingerprint density at radius 3 is 2.83 bits per heavy atom. The third kappa shape index (κ3) is 2.27. The van der Waals surface area contributed by atoms with E-state index in [0.29, 0.717) is 29.6 Å². The Balaban J connectivity index is 1.82. The first-order chi connectivity index (χ1) is 8.72. The smallest absolute Gasteiger partial charge is 0.203 e. The zero-order chi connectivity index (χ0) is 12.5. The van der Waals surface area contributed by atoms with Gasteiger partial charge in [0, 0.05) is 10.4 Å². The molecule has 1 aromatic heterocycles. The molecule has 0 radical (unpaired) electrons. The number of ketones is 1. The molecule has 1 fully saturated rings. The minimum Gasteiger partial charge on any atom is -0.453 e. The Bertz CT molecular complexity index is 584. The van der Waals surface area contributed by atoms with Gasteiger partial charge in [0.1, 0.15) is 5.58 Å². The number of ether oxygens (including phenoxy) is 2. The summed E-state index contributed by atoms with van der Waals surface area (Å²) in [7, 11) is 0. The largest absolute Gasteiger partial charge is 0.453 e. The Morgan fingerprint density at radius 1 is 1.28 bits per heavy atom. The average molecular weight is 267 g/mol.